The zero-order chi connectivity index (χ0) is 13.9. The van der Waals surface area contributed by atoms with Gasteiger partial charge in [-0.1, -0.05) is 17.7 Å². The Hall–Kier alpha value is -0.780. The Bertz CT molecular complexity index is 546. The van der Waals surface area contributed by atoms with Crippen molar-refractivity contribution in [2.24, 2.45) is 0 Å². The molecule has 0 aliphatic carbocycles. The zero-order valence-corrected chi connectivity index (χ0v) is 12.6. The van der Waals surface area contributed by atoms with Crippen LogP contribution in [0.1, 0.15) is 12.0 Å². The molecular formula is C13H19ClN2O2S. The van der Waals surface area contributed by atoms with Crippen LogP contribution in [0.3, 0.4) is 0 Å². The van der Waals surface area contributed by atoms with Crippen LogP contribution in [0, 0.1) is 0 Å². The topological polar surface area (TPSA) is 49.4 Å². The minimum Gasteiger partial charge on any atom is -0.369 e. The number of hydrogen-bond acceptors (Lipinski definition) is 4. The number of nitrogens with one attached hydrogen (secondary N) is 1. The van der Waals surface area contributed by atoms with Gasteiger partial charge in [0.2, 0.25) is 0 Å². The summed E-state index contributed by atoms with van der Waals surface area (Å²) in [5.74, 6) is 0.487. The Kier molecular flexibility index (Phi) is 4.71. The van der Waals surface area contributed by atoms with E-state index in [0.29, 0.717) is 18.0 Å². The molecule has 1 aliphatic heterocycles. The van der Waals surface area contributed by atoms with Gasteiger partial charge in [-0.2, -0.15) is 0 Å². The third-order valence-electron chi connectivity index (χ3n) is 3.29. The number of sulfone groups is 1. The fourth-order valence-corrected chi connectivity index (χ4v) is 3.89. The lowest BCUT2D eigenvalue weighted by molar-refractivity contribution is 0.597. The first-order valence-corrected chi connectivity index (χ1v) is 8.60. The fraction of sp³-hybridized carbons (Fsp3) is 0.538. The van der Waals surface area contributed by atoms with Crippen LogP contribution >= 0.6 is 11.6 Å². The van der Waals surface area contributed by atoms with Gasteiger partial charge >= 0.3 is 0 Å². The van der Waals surface area contributed by atoms with Crippen LogP contribution in [0.2, 0.25) is 5.02 Å². The Morgan fingerprint density at radius 3 is 2.79 bits per heavy atom. The average Bonchev–Trinajstić information content (AvgIpc) is 2.51. The molecule has 1 fully saturated rings. The number of nitrogens with zero attached hydrogens (tertiary/aromatic N) is 1. The van der Waals surface area contributed by atoms with Crippen molar-refractivity contribution in [3.63, 3.8) is 0 Å². The maximum Gasteiger partial charge on any atom is 0.152 e. The molecule has 0 saturated carbocycles. The lowest BCUT2D eigenvalue weighted by Gasteiger charge is -2.23. The van der Waals surface area contributed by atoms with Crippen molar-refractivity contribution >= 4 is 27.1 Å². The molecule has 1 heterocycles. The molecule has 1 aromatic carbocycles. The lowest BCUT2D eigenvalue weighted by atomic mass is 10.2. The quantitative estimate of drug-likeness (QED) is 0.923. The maximum atomic E-state index is 11.6. The predicted octanol–water partition coefficient (Wildman–Crippen LogP) is 1.68. The van der Waals surface area contributed by atoms with Crippen LogP contribution in [0.4, 0.5) is 5.69 Å². The zero-order valence-electron chi connectivity index (χ0n) is 11.0. The van der Waals surface area contributed by atoms with E-state index in [0.717, 1.165) is 24.3 Å². The van der Waals surface area contributed by atoms with Gasteiger partial charge in [0.05, 0.1) is 22.2 Å². The van der Waals surface area contributed by atoms with E-state index in [2.05, 4.69) is 10.2 Å². The second-order valence-electron chi connectivity index (χ2n) is 4.81. The van der Waals surface area contributed by atoms with Gasteiger partial charge in [-0.3, -0.25) is 0 Å². The van der Waals surface area contributed by atoms with Gasteiger partial charge in [0.1, 0.15) is 0 Å². The minimum atomic E-state index is -2.88. The molecule has 0 radical (unpaired) electrons. The number of anilines is 1. The molecular weight excluding hydrogens is 284 g/mol. The molecule has 1 aromatic rings. The van der Waals surface area contributed by atoms with Crippen molar-refractivity contribution in [2.45, 2.75) is 13.0 Å². The molecule has 1 saturated heterocycles. The highest BCUT2D eigenvalue weighted by molar-refractivity contribution is 7.91. The summed E-state index contributed by atoms with van der Waals surface area (Å²) in [5, 5.41) is 3.77. The highest BCUT2D eigenvalue weighted by Gasteiger charge is 2.20. The van der Waals surface area contributed by atoms with E-state index in [4.69, 9.17) is 11.6 Å². The van der Waals surface area contributed by atoms with Crippen molar-refractivity contribution < 1.29 is 8.42 Å². The molecule has 19 heavy (non-hydrogen) atoms. The predicted molar refractivity (Wildman–Crippen MR) is 79.7 cm³/mol. The largest absolute Gasteiger partial charge is 0.369 e. The molecule has 2 rings (SSSR count). The highest BCUT2D eigenvalue weighted by Crippen LogP contribution is 2.28. The first-order valence-electron chi connectivity index (χ1n) is 6.40. The molecule has 0 spiro atoms. The molecule has 4 nitrogen and oxygen atoms in total. The standard InChI is InChI=1S/C13H19ClN2O2S/c1-15-10-11-3-4-13(12(14)9-11)16-5-2-7-19(17,18)8-6-16/h3-4,9,15H,2,5-8,10H2,1H3. The summed E-state index contributed by atoms with van der Waals surface area (Å²) >= 11 is 6.30. The van der Waals surface area contributed by atoms with Crippen LogP contribution in [-0.4, -0.2) is 40.1 Å². The number of rotatable bonds is 3. The molecule has 106 valence electrons. The van der Waals surface area contributed by atoms with Gasteiger partial charge in [-0.25, -0.2) is 8.42 Å². The third kappa shape index (κ3) is 3.84. The summed E-state index contributed by atoms with van der Waals surface area (Å²) in [6, 6.07) is 5.94. The normalized spacial score (nSPS) is 19.2. The maximum absolute atomic E-state index is 11.6. The van der Waals surface area contributed by atoms with Gasteiger partial charge in [-0.15, -0.1) is 0 Å². The Morgan fingerprint density at radius 1 is 1.32 bits per heavy atom. The van der Waals surface area contributed by atoms with Crippen LogP contribution in [0.15, 0.2) is 18.2 Å². The number of halogens is 1. The molecule has 0 amide bonds. The van der Waals surface area contributed by atoms with Crippen molar-refractivity contribution in [3.8, 4) is 0 Å². The molecule has 1 N–H and O–H groups in total. The van der Waals surface area contributed by atoms with E-state index in [1.165, 1.54) is 0 Å². The number of benzene rings is 1. The van der Waals surface area contributed by atoms with Crippen molar-refractivity contribution in [3.05, 3.63) is 28.8 Å². The second-order valence-corrected chi connectivity index (χ2v) is 7.52. The van der Waals surface area contributed by atoms with Crippen molar-refractivity contribution in [2.75, 3.05) is 36.5 Å². The monoisotopic (exact) mass is 302 g/mol. The molecule has 1 aliphatic rings. The highest BCUT2D eigenvalue weighted by atomic mass is 35.5. The molecule has 0 aromatic heterocycles. The fourth-order valence-electron chi connectivity index (χ4n) is 2.30. The van der Waals surface area contributed by atoms with E-state index in [1.807, 2.05) is 25.2 Å². The Morgan fingerprint density at radius 2 is 2.11 bits per heavy atom. The van der Waals surface area contributed by atoms with Gasteiger partial charge in [0.15, 0.2) is 9.84 Å². The average molecular weight is 303 g/mol. The van der Waals surface area contributed by atoms with Gasteiger partial charge in [-0.05, 0) is 31.2 Å². The summed E-state index contributed by atoms with van der Waals surface area (Å²) in [7, 11) is -0.994. The van der Waals surface area contributed by atoms with Crippen molar-refractivity contribution in [1.82, 2.24) is 5.32 Å². The molecule has 0 bridgehead atoms. The van der Waals surface area contributed by atoms with Crippen molar-refractivity contribution in [1.29, 1.82) is 0 Å². The van der Waals surface area contributed by atoms with E-state index < -0.39 is 9.84 Å². The summed E-state index contributed by atoms with van der Waals surface area (Å²) in [5.41, 5.74) is 2.05. The van der Waals surface area contributed by atoms with Crippen LogP contribution < -0.4 is 10.2 Å². The van der Waals surface area contributed by atoms with Gasteiger partial charge in [0, 0.05) is 19.6 Å². The third-order valence-corrected chi connectivity index (χ3v) is 5.31. The first kappa shape index (κ1) is 14.6. The summed E-state index contributed by atoms with van der Waals surface area (Å²) < 4.78 is 23.2. The smallest absolute Gasteiger partial charge is 0.152 e. The van der Waals surface area contributed by atoms with E-state index >= 15 is 0 Å². The SMILES string of the molecule is CNCc1ccc(N2CCCS(=O)(=O)CC2)c(Cl)c1. The van der Waals surface area contributed by atoms with Crippen LogP contribution in [0.5, 0.6) is 0 Å². The Labute approximate surface area is 119 Å². The van der Waals surface area contributed by atoms with Gasteiger partial charge in [0.25, 0.3) is 0 Å². The van der Waals surface area contributed by atoms with E-state index in [9.17, 15) is 8.42 Å². The van der Waals surface area contributed by atoms with E-state index in [-0.39, 0.29) is 11.5 Å². The van der Waals surface area contributed by atoms with Crippen LogP contribution in [0.25, 0.3) is 0 Å². The Balaban J connectivity index is 2.17. The minimum absolute atomic E-state index is 0.210. The molecule has 0 unspecified atom stereocenters. The van der Waals surface area contributed by atoms with Crippen LogP contribution in [-0.2, 0) is 16.4 Å². The first-order chi connectivity index (χ1) is 9.02. The van der Waals surface area contributed by atoms with Gasteiger partial charge < -0.3 is 10.2 Å². The number of hydrogen-bond donors (Lipinski definition) is 1. The molecule has 6 heteroatoms. The second kappa shape index (κ2) is 6.11. The lowest BCUT2D eigenvalue weighted by Crippen LogP contribution is -2.27. The summed E-state index contributed by atoms with van der Waals surface area (Å²) in [6.07, 6.45) is 0.664. The summed E-state index contributed by atoms with van der Waals surface area (Å²) in [4.78, 5) is 2.07. The summed E-state index contributed by atoms with van der Waals surface area (Å²) in [6.45, 7) is 2.03. The molecule has 0 atom stereocenters. The van der Waals surface area contributed by atoms with E-state index in [1.54, 1.807) is 0 Å².